The zero-order valence-corrected chi connectivity index (χ0v) is 25.4. The average molecular weight is 608 g/mol. The molecule has 1 amide bonds. The monoisotopic (exact) mass is 607 g/mol. The molecule has 0 aliphatic carbocycles. The van der Waals surface area contributed by atoms with Gasteiger partial charge in [-0.25, -0.2) is 34.2 Å². The minimum absolute atomic E-state index is 0.0129. The number of imidazole rings is 1. The van der Waals surface area contributed by atoms with Gasteiger partial charge in [-0.2, -0.15) is 0 Å². The topological polar surface area (TPSA) is 124 Å². The Kier molecular flexibility index (Phi) is 9.95. The van der Waals surface area contributed by atoms with Crippen LogP contribution < -0.4 is 15.7 Å². The quantitative estimate of drug-likeness (QED) is 0.111. The fraction of sp³-hybridized carbons (Fsp3) is 0.452. The van der Waals surface area contributed by atoms with Crippen molar-refractivity contribution < 1.29 is 18.8 Å². The summed E-state index contributed by atoms with van der Waals surface area (Å²) >= 11 is 0. The molecule has 0 atom stereocenters. The van der Waals surface area contributed by atoms with Crippen molar-refractivity contribution >= 4 is 34.4 Å². The van der Waals surface area contributed by atoms with E-state index in [1.165, 1.54) is 6.07 Å². The van der Waals surface area contributed by atoms with Crippen LogP contribution in [0.3, 0.4) is 0 Å². The minimum Gasteiger partial charge on any atom is -0.368 e. The number of hydrogen-bond donors (Lipinski definition) is 3. The summed E-state index contributed by atoms with van der Waals surface area (Å²) in [5, 5.41) is 11.6. The number of benzene rings is 1. The number of hydrogen-bond acceptors (Lipinski definition) is 9. The number of halogens is 2. The lowest BCUT2D eigenvalue weighted by molar-refractivity contribution is -0.129. The molecule has 1 saturated heterocycles. The standard InChI is InChI=1S/C31H39F2N9O2/c1-20(2)42-21(3)36-30-24(32)16-22(17-26(30)42)29-25(33)19-35-31(38-29)37-27-10-9-23(18-34-27)41-14-12-40(13-15-41)11-7-5-4-6-8-28(43)39-44/h9-10,16-20,44H,4-8,11-15H2,1-3H3,(H,39,43)(H,34,35,37,38). The van der Waals surface area contributed by atoms with Gasteiger partial charge in [0.15, 0.2) is 11.6 Å². The first-order valence-electron chi connectivity index (χ1n) is 15.1. The predicted molar refractivity (Wildman–Crippen MR) is 165 cm³/mol. The summed E-state index contributed by atoms with van der Waals surface area (Å²) in [5.74, 6) is -0.171. The molecule has 4 heterocycles. The Labute approximate surface area is 255 Å². The van der Waals surface area contributed by atoms with Gasteiger partial charge in [-0.15, -0.1) is 0 Å². The fourth-order valence-corrected chi connectivity index (χ4v) is 5.71. The van der Waals surface area contributed by atoms with Gasteiger partial charge in [-0.1, -0.05) is 12.8 Å². The van der Waals surface area contributed by atoms with Gasteiger partial charge in [0.2, 0.25) is 11.9 Å². The predicted octanol–water partition coefficient (Wildman–Crippen LogP) is 5.38. The van der Waals surface area contributed by atoms with Gasteiger partial charge in [0.25, 0.3) is 0 Å². The van der Waals surface area contributed by atoms with E-state index in [-0.39, 0.29) is 29.1 Å². The van der Waals surface area contributed by atoms with Crippen molar-refractivity contribution in [1.82, 2.24) is 34.9 Å². The number of anilines is 3. The molecule has 1 aliphatic rings. The number of carbonyl (C=O) groups is 1. The Hall–Kier alpha value is -4.23. The molecule has 1 aliphatic heterocycles. The Morgan fingerprint density at radius 1 is 0.977 bits per heavy atom. The summed E-state index contributed by atoms with van der Waals surface area (Å²) in [7, 11) is 0. The van der Waals surface area contributed by atoms with Gasteiger partial charge < -0.3 is 14.8 Å². The third-order valence-corrected chi connectivity index (χ3v) is 7.94. The molecule has 4 aromatic rings. The molecule has 3 aromatic heterocycles. The van der Waals surface area contributed by atoms with E-state index in [4.69, 9.17) is 5.21 Å². The molecule has 3 N–H and O–H groups in total. The summed E-state index contributed by atoms with van der Waals surface area (Å²) in [6, 6.07) is 6.83. The van der Waals surface area contributed by atoms with Crippen LogP contribution >= 0.6 is 0 Å². The number of carbonyl (C=O) groups excluding carboxylic acids is 1. The molecule has 0 unspecified atom stereocenters. The summed E-state index contributed by atoms with van der Waals surface area (Å²) in [4.78, 5) is 33.1. The van der Waals surface area contributed by atoms with E-state index in [0.717, 1.165) is 70.3 Å². The number of hydroxylamine groups is 1. The third-order valence-electron chi connectivity index (χ3n) is 7.94. The molecule has 0 spiro atoms. The highest BCUT2D eigenvalue weighted by atomic mass is 19.1. The number of piperazine rings is 1. The first-order chi connectivity index (χ1) is 21.2. The largest absolute Gasteiger partial charge is 0.368 e. The normalized spacial score (nSPS) is 14.0. The number of nitrogens with one attached hydrogen (secondary N) is 2. The van der Waals surface area contributed by atoms with Crippen molar-refractivity contribution in [1.29, 1.82) is 0 Å². The second kappa shape index (κ2) is 14.0. The zero-order valence-electron chi connectivity index (χ0n) is 25.4. The maximum atomic E-state index is 15.0. The van der Waals surface area contributed by atoms with E-state index in [9.17, 15) is 9.18 Å². The van der Waals surface area contributed by atoms with E-state index in [1.54, 1.807) is 17.7 Å². The smallest absolute Gasteiger partial charge is 0.243 e. The van der Waals surface area contributed by atoms with Crippen LogP contribution in [0.2, 0.25) is 0 Å². The molecule has 0 bridgehead atoms. The van der Waals surface area contributed by atoms with Crippen molar-refractivity contribution in [2.75, 3.05) is 42.9 Å². The third kappa shape index (κ3) is 7.28. The van der Waals surface area contributed by atoms with Crippen LogP contribution in [0.4, 0.5) is 26.2 Å². The second-order valence-corrected chi connectivity index (χ2v) is 11.4. The summed E-state index contributed by atoms with van der Waals surface area (Å²) in [6.45, 7) is 10.5. The zero-order chi connectivity index (χ0) is 31.2. The first kappa shape index (κ1) is 31.2. The maximum Gasteiger partial charge on any atom is 0.243 e. The Balaban J connectivity index is 1.17. The Morgan fingerprint density at radius 3 is 2.45 bits per heavy atom. The Morgan fingerprint density at radius 2 is 1.75 bits per heavy atom. The molecule has 1 aromatic carbocycles. The van der Waals surface area contributed by atoms with Crippen LogP contribution in [-0.4, -0.2) is 73.2 Å². The number of fused-ring (bicyclic) bond motifs is 1. The van der Waals surface area contributed by atoms with E-state index in [0.29, 0.717) is 29.1 Å². The van der Waals surface area contributed by atoms with Gasteiger partial charge >= 0.3 is 0 Å². The lowest BCUT2D eigenvalue weighted by Crippen LogP contribution is -2.46. The van der Waals surface area contributed by atoms with Crippen molar-refractivity contribution in [3.8, 4) is 11.3 Å². The van der Waals surface area contributed by atoms with Crippen LogP contribution in [0.25, 0.3) is 22.3 Å². The molecular formula is C31H39F2N9O2. The lowest BCUT2D eigenvalue weighted by Gasteiger charge is -2.36. The molecular weight excluding hydrogens is 568 g/mol. The number of amides is 1. The highest BCUT2D eigenvalue weighted by Gasteiger charge is 2.20. The Bertz CT molecular complexity index is 1590. The van der Waals surface area contributed by atoms with Gasteiger partial charge in [-0.3, -0.25) is 14.9 Å². The van der Waals surface area contributed by atoms with E-state index in [1.807, 2.05) is 37.5 Å². The lowest BCUT2D eigenvalue weighted by atomic mass is 10.1. The van der Waals surface area contributed by atoms with Crippen LogP contribution in [-0.2, 0) is 4.79 Å². The number of aromatic nitrogens is 5. The van der Waals surface area contributed by atoms with Crippen LogP contribution in [0, 0.1) is 18.6 Å². The highest BCUT2D eigenvalue weighted by Crippen LogP contribution is 2.30. The van der Waals surface area contributed by atoms with Crippen molar-refractivity contribution in [2.45, 2.75) is 58.9 Å². The van der Waals surface area contributed by atoms with Gasteiger partial charge in [0, 0.05) is 44.2 Å². The second-order valence-electron chi connectivity index (χ2n) is 11.4. The first-order valence-corrected chi connectivity index (χ1v) is 15.1. The molecule has 44 heavy (non-hydrogen) atoms. The summed E-state index contributed by atoms with van der Waals surface area (Å²) < 4.78 is 31.8. The van der Waals surface area contributed by atoms with Gasteiger partial charge in [-0.05, 0) is 64.4 Å². The molecule has 1 fully saturated rings. The number of nitrogens with zero attached hydrogens (tertiary/aromatic N) is 7. The van der Waals surface area contributed by atoms with Crippen molar-refractivity contribution in [3.63, 3.8) is 0 Å². The SMILES string of the molecule is Cc1nc2c(F)cc(-c3nc(Nc4ccc(N5CCN(CCCCCCC(=O)NO)CC5)cn4)ncc3F)cc2n1C(C)C. The summed E-state index contributed by atoms with van der Waals surface area (Å²) in [6.07, 6.45) is 7.13. The van der Waals surface area contributed by atoms with Crippen LogP contribution in [0.5, 0.6) is 0 Å². The molecule has 5 rings (SSSR count). The molecule has 0 saturated carbocycles. The van der Waals surface area contributed by atoms with Crippen molar-refractivity contribution in [3.05, 3.63) is 54.1 Å². The van der Waals surface area contributed by atoms with E-state index in [2.05, 4.69) is 35.1 Å². The highest BCUT2D eigenvalue weighted by molar-refractivity contribution is 5.83. The fourth-order valence-electron chi connectivity index (χ4n) is 5.71. The average Bonchev–Trinajstić information content (AvgIpc) is 3.37. The molecule has 11 nitrogen and oxygen atoms in total. The van der Waals surface area contributed by atoms with Crippen LogP contribution in [0.15, 0.2) is 36.7 Å². The maximum absolute atomic E-state index is 15.0. The molecule has 0 radical (unpaired) electrons. The molecule has 13 heteroatoms. The number of pyridine rings is 1. The van der Waals surface area contributed by atoms with Gasteiger partial charge in [0.05, 0.1) is 23.6 Å². The van der Waals surface area contributed by atoms with Crippen LogP contribution in [0.1, 0.15) is 57.8 Å². The number of rotatable bonds is 12. The molecule has 234 valence electrons. The van der Waals surface area contributed by atoms with Gasteiger partial charge in [0.1, 0.15) is 22.9 Å². The van der Waals surface area contributed by atoms with E-state index >= 15 is 4.39 Å². The number of aryl methyl sites for hydroxylation is 1. The minimum atomic E-state index is -0.656. The number of unbranched alkanes of at least 4 members (excludes halogenated alkanes) is 3. The van der Waals surface area contributed by atoms with E-state index < -0.39 is 11.6 Å². The van der Waals surface area contributed by atoms with Crippen molar-refractivity contribution in [2.24, 2.45) is 0 Å². The summed E-state index contributed by atoms with van der Waals surface area (Å²) in [5.41, 5.74) is 3.80.